The Bertz CT molecular complexity index is 1350. The van der Waals surface area contributed by atoms with Crippen molar-refractivity contribution in [2.75, 3.05) is 11.4 Å². The summed E-state index contributed by atoms with van der Waals surface area (Å²) in [6.45, 7) is 6.62. The monoisotopic (exact) mass is 447 g/mol. The summed E-state index contributed by atoms with van der Waals surface area (Å²) < 4.78 is 2.94. The minimum Gasteiger partial charge on any atom is -0.284 e. The first-order valence-corrected chi connectivity index (χ1v) is 11.9. The van der Waals surface area contributed by atoms with Crippen LogP contribution in [0, 0.1) is 0 Å². The number of hydrogen-bond acceptors (Lipinski definition) is 6. The third kappa shape index (κ3) is 3.41. The molecule has 0 aliphatic carbocycles. The summed E-state index contributed by atoms with van der Waals surface area (Å²) >= 11 is 3.14. The maximum atomic E-state index is 13.8. The lowest BCUT2D eigenvalue weighted by Crippen LogP contribution is -2.30. The minimum absolute atomic E-state index is 0.0879. The number of hydrogen-bond donors (Lipinski definition) is 0. The van der Waals surface area contributed by atoms with Gasteiger partial charge in [0, 0.05) is 12.6 Å². The average Bonchev–Trinajstić information content (AvgIpc) is 3.51. The Labute approximate surface area is 187 Å². The largest absolute Gasteiger partial charge is 0.284 e. The number of pyridine rings is 1. The van der Waals surface area contributed by atoms with Gasteiger partial charge in [-0.1, -0.05) is 29.5 Å². The Morgan fingerprint density at radius 3 is 2.71 bits per heavy atom. The van der Waals surface area contributed by atoms with Gasteiger partial charge in [0.05, 0.1) is 37.9 Å². The molecule has 5 aromatic rings. The molecule has 156 valence electrons. The Kier molecular flexibility index (Phi) is 5.03. The fourth-order valence-electron chi connectivity index (χ4n) is 3.61. The van der Waals surface area contributed by atoms with E-state index < -0.39 is 0 Å². The quantitative estimate of drug-likeness (QED) is 0.331. The van der Waals surface area contributed by atoms with Crippen LogP contribution in [0.25, 0.3) is 31.8 Å². The third-order valence-electron chi connectivity index (χ3n) is 5.13. The summed E-state index contributed by atoms with van der Waals surface area (Å²) in [5.41, 5.74) is 3.01. The van der Waals surface area contributed by atoms with Crippen LogP contribution < -0.4 is 4.90 Å². The summed E-state index contributed by atoms with van der Waals surface area (Å²) in [6.07, 6.45) is 1.75. The number of benzene rings is 1. The molecule has 0 bridgehead atoms. The highest BCUT2D eigenvalue weighted by molar-refractivity contribution is 7.22. The molecule has 4 aromatic heterocycles. The minimum atomic E-state index is -0.0879. The van der Waals surface area contributed by atoms with E-state index in [0.29, 0.717) is 17.2 Å². The molecule has 0 saturated carbocycles. The Morgan fingerprint density at radius 1 is 1.16 bits per heavy atom. The highest BCUT2D eigenvalue weighted by Gasteiger charge is 2.25. The van der Waals surface area contributed by atoms with Crippen molar-refractivity contribution >= 4 is 55.0 Å². The van der Waals surface area contributed by atoms with Crippen LogP contribution in [0.5, 0.6) is 0 Å². The molecular weight excluding hydrogens is 426 g/mol. The van der Waals surface area contributed by atoms with E-state index in [9.17, 15) is 4.79 Å². The highest BCUT2D eigenvalue weighted by Crippen LogP contribution is 2.33. The Morgan fingerprint density at radius 2 is 2.00 bits per heavy atom. The number of carbonyl (C=O) groups is 1. The number of para-hydroxylation sites is 1. The van der Waals surface area contributed by atoms with E-state index >= 15 is 0 Å². The summed E-state index contributed by atoms with van der Waals surface area (Å²) in [4.78, 5) is 26.1. The van der Waals surface area contributed by atoms with Gasteiger partial charge in [0.2, 0.25) is 0 Å². The molecule has 4 heterocycles. The second kappa shape index (κ2) is 7.86. The Hall–Kier alpha value is -3.10. The number of thiazole rings is 1. The van der Waals surface area contributed by atoms with E-state index in [4.69, 9.17) is 9.97 Å². The van der Waals surface area contributed by atoms with Gasteiger partial charge in [0.15, 0.2) is 10.8 Å². The van der Waals surface area contributed by atoms with Crippen LogP contribution in [0.4, 0.5) is 5.13 Å². The first-order valence-electron chi connectivity index (χ1n) is 10.2. The zero-order valence-electron chi connectivity index (χ0n) is 17.4. The normalized spacial score (nSPS) is 11.6. The van der Waals surface area contributed by atoms with Crippen molar-refractivity contribution in [1.29, 1.82) is 0 Å². The van der Waals surface area contributed by atoms with E-state index in [0.717, 1.165) is 31.8 Å². The van der Waals surface area contributed by atoms with Crippen molar-refractivity contribution in [2.45, 2.75) is 26.8 Å². The molecule has 8 heteroatoms. The summed E-state index contributed by atoms with van der Waals surface area (Å²) in [7, 11) is 0. The molecule has 0 saturated heterocycles. The van der Waals surface area contributed by atoms with Gasteiger partial charge in [-0.05, 0) is 50.4 Å². The van der Waals surface area contributed by atoms with Crippen molar-refractivity contribution in [1.82, 2.24) is 19.7 Å². The summed E-state index contributed by atoms with van der Waals surface area (Å²) in [5, 5.41) is 8.01. The zero-order valence-corrected chi connectivity index (χ0v) is 19.1. The van der Waals surface area contributed by atoms with Crippen LogP contribution in [0.1, 0.15) is 37.2 Å². The van der Waals surface area contributed by atoms with Gasteiger partial charge in [-0.25, -0.2) is 14.6 Å². The predicted octanol–water partition coefficient (Wildman–Crippen LogP) is 6.02. The lowest BCUT2D eigenvalue weighted by molar-refractivity contribution is 0.0990. The number of aromatic nitrogens is 4. The fraction of sp³-hybridized carbons (Fsp3) is 0.217. The SMILES string of the molecule is CCN(C(=O)c1cc(-c2cccs2)nc2c1cnn2C(C)C)c1nc2ccccc2s1. The number of anilines is 1. The fourth-order valence-corrected chi connectivity index (χ4v) is 5.32. The molecule has 0 atom stereocenters. The smallest absolute Gasteiger partial charge is 0.260 e. The maximum Gasteiger partial charge on any atom is 0.260 e. The van der Waals surface area contributed by atoms with Crippen LogP contribution in [0.3, 0.4) is 0 Å². The van der Waals surface area contributed by atoms with Crippen molar-refractivity contribution in [3.63, 3.8) is 0 Å². The molecule has 6 nitrogen and oxygen atoms in total. The summed E-state index contributed by atoms with van der Waals surface area (Å²) in [5.74, 6) is -0.0879. The van der Waals surface area contributed by atoms with Crippen molar-refractivity contribution in [3.8, 4) is 10.6 Å². The molecule has 31 heavy (non-hydrogen) atoms. The van der Waals surface area contributed by atoms with Gasteiger partial charge >= 0.3 is 0 Å². The number of thiophene rings is 1. The number of carbonyl (C=O) groups excluding carboxylic acids is 1. The predicted molar refractivity (Wildman–Crippen MR) is 128 cm³/mol. The number of amides is 1. The molecule has 0 spiro atoms. The van der Waals surface area contributed by atoms with E-state index in [1.54, 1.807) is 22.4 Å². The van der Waals surface area contributed by atoms with Gasteiger partial charge in [-0.15, -0.1) is 11.3 Å². The van der Waals surface area contributed by atoms with E-state index in [1.807, 2.05) is 59.5 Å². The molecule has 0 radical (unpaired) electrons. The molecule has 0 fully saturated rings. The molecule has 5 rings (SSSR count). The molecule has 1 amide bonds. The first-order chi connectivity index (χ1) is 15.1. The molecule has 0 unspecified atom stereocenters. The van der Waals surface area contributed by atoms with Gasteiger partial charge in [0.25, 0.3) is 5.91 Å². The van der Waals surface area contributed by atoms with Gasteiger partial charge < -0.3 is 0 Å². The van der Waals surface area contributed by atoms with Crippen LogP contribution in [0.15, 0.2) is 54.0 Å². The number of fused-ring (bicyclic) bond motifs is 2. The molecule has 1 aromatic carbocycles. The number of rotatable bonds is 5. The van der Waals surface area contributed by atoms with E-state index in [1.165, 1.54) is 11.3 Å². The average molecular weight is 448 g/mol. The third-order valence-corrected chi connectivity index (χ3v) is 7.09. The van der Waals surface area contributed by atoms with Crippen molar-refractivity contribution in [2.24, 2.45) is 0 Å². The van der Waals surface area contributed by atoms with Crippen LogP contribution >= 0.6 is 22.7 Å². The lowest BCUT2D eigenvalue weighted by atomic mass is 10.1. The maximum absolute atomic E-state index is 13.8. The van der Waals surface area contributed by atoms with E-state index in [2.05, 4.69) is 18.9 Å². The second-order valence-electron chi connectivity index (χ2n) is 7.47. The topological polar surface area (TPSA) is 63.9 Å². The zero-order chi connectivity index (χ0) is 21.5. The van der Waals surface area contributed by atoms with Gasteiger partial charge in [-0.3, -0.25) is 9.69 Å². The van der Waals surface area contributed by atoms with Crippen LogP contribution in [-0.2, 0) is 0 Å². The molecule has 0 aliphatic heterocycles. The Balaban J connectivity index is 1.67. The highest BCUT2D eigenvalue weighted by atomic mass is 32.1. The van der Waals surface area contributed by atoms with E-state index in [-0.39, 0.29) is 11.9 Å². The lowest BCUT2D eigenvalue weighted by Gasteiger charge is -2.18. The molecular formula is C23H21N5OS2. The molecule has 0 aliphatic rings. The van der Waals surface area contributed by atoms with Crippen molar-refractivity contribution < 1.29 is 4.79 Å². The van der Waals surface area contributed by atoms with Crippen LogP contribution in [-0.4, -0.2) is 32.2 Å². The second-order valence-corrected chi connectivity index (χ2v) is 9.42. The molecule has 0 N–H and O–H groups in total. The van der Waals surface area contributed by atoms with Crippen molar-refractivity contribution in [3.05, 3.63) is 59.6 Å². The van der Waals surface area contributed by atoms with Gasteiger partial charge in [0.1, 0.15) is 0 Å². The van der Waals surface area contributed by atoms with Crippen LogP contribution in [0.2, 0.25) is 0 Å². The summed E-state index contributed by atoms with van der Waals surface area (Å²) in [6, 6.07) is 14.0. The first kappa shape index (κ1) is 19.8. The van der Waals surface area contributed by atoms with Gasteiger partial charge in [-0.2, -0.15) is 5.10 Å². The standard InChI is InChI=1S/C23H21N5OS2/c1-4-27(23-26-17-8-5-6-9-20(17)31-23)22(29)15-12-18(19-10-7-11-30-19)25-21-16(15)13-24-28(21)14(2)3/h5-14H,4H2,1-3H3. The number of nitrogens with zero attached hydrogens (tertiary/aromatic N) is 5.